The van der Waals surface area contributed by atoms with Crippen LogP contribution in [0.4, 0.5) is 5.69 Å². The number of benzene rings is 1. The third kappa shape index (κ3) is 7.00. The fourth-order valence-electron chi connectivity index (χ4n) is 2.17. The molecule has 8 heteroatoms. The number of nitro groups is 1. The molecule has 0 aliphatic carbocycles. The number of para-hydroxylation sites is 1. The smallest absolute Gasteiger partial charge is 0.274 e. The molecule has 0 bridgehead atoms. The Bertz CT molecular complexity index is 558. The summed E-state index contributed by atoms with van der Waals surface area (Å²) in [6, 6.07) is 6.65. The second-order valence-corrected chi connectivity index (χ2v) is 6.28. The van der Waals surface area contributed by atoms with Crippen molar-refractivity contribution in [2.75, 3.05) is 20.7 Å². The van der Waals surface area contributed by atoms with Gasteiger partial charge in [-0.1, -0.05) is 39.0 Å². The number of methoxy groups -OCH3 is 1. The molecule has 1 unspecified atom stereocenters. The fourth-order valence-corrected chi connectivity index (χ4v) is 2.17. The summed E-state index contributed by atoms with van der Waals surface area (Å²) in [5.41, 5.74) is 0.707. The molecular weight excluding hydrogens is 423 g/mol. The van der Waals surface area contributed by atoms with Gasteiger partial charge in [-0.3, -0.25) is 15.1 Å². The normalized spacial score (nSPS) is 13.0. The highest BCUT2D eigenvalue weighted by atomic mass is 127. The number of nitrogens with one attached hydrogen (secondary N) is 2. The van der Waals surface area contributed by atoms with Gasteiger partial charge in [-0.05, 0) is 5.41 Å². The van der Waals surface area contributed by atoms with Crippen molar-refractivity contribution in [3.63, 3.8) is 0 Å². The second kappa shape index (κ2) is 10.4. The molecule has 1 atom stereocenters. The van der Waals surface area contributed by atoms with Crippen LogP contribution in [0.25, 0.3) is 0 Å². The van der Waals surface area contributed by atoms with E-state index in [4.69, 9.17) is 4.74 Å². The van der Waals surface area contributed by atoms with Crippen LogP contribution in [0.5, 0.6) is 0 Å². The van der Waals surface area contributed by atoms with Crippen LogP contribution < -0.4 is 10.6 Å². The van der Waals surface area contributed by atoms with Gasteiger partial charge in [0.1, 0.15) is 0 Å². The van der Waals surface area contributed by atoms with Gasteiger partial charge in [0.05, 0.1) is 11.0 Å². The molecule has 0 aromatic heterocycles. The largest absolute Gasteiger partial charge is 0.379 e. The number of halogens is 1. The Kier molecular flexibility index (Phi) is 9.83. The number of nitrogens with zero attached hydrogens (tertiary/aromatic N) is 2. The lowest BCUT2D eigenvalue weighted by Gasteiger charge is -2.30. The molecule has 1 aromatic rings. The van der Waals surface area contributed by atoms with Crippen LogP contribution in [-0.2, 0) is 11.3 Å². The van der Waals surface area contributed by atoms with E-state index in [0.717, 1.165) is 0 Å². The summed E-state index contributed by atoms with van der Waals surface area (Å²) >= 11 is 0. The number of ether oxygens (including phenoxy) is 1. The summed E-state index contributed by atoms with van der Waals surface area (Å²) in [6.45, 7) is 7.23. The van der Waals surface area contributed by atoms with Crippen molar-refractivity contribution in [1.29, 1.82) is 0 Å². The molecule has 1 aromatic carbocycles. The molecule has 1 rings (SSSR count). The Balaban J connectivity index is 0.00000529. The average molecular weight is 450 g/mol. The summed E-state index contributed by atoms with van der Waals surface area (Å²) in [4.78, 5) is 14.8. The highest BCUT2D eigenvalue weighted by Crippen LogP contribution is 2.21. The zero-order valence-corrected chi connectivity index (χ0v) is 17.2. The van der Waals surface area contributed by atoms with Gasteiger partial charge in [0.25, 0.3) is 5.69 Å². The zero-order valence-electron chi connectivity index (χ0n) is 14.8. The molecule has 0 aliphatic heterocycles. The summed E-state index contributed by atoms with van der Waals surface area (Å²) in [5.74, 6) is 0.578. The van der Waals surface area contributed by atoms with Crippen molar-refractivity contribution in [3.05, 3.63) is 39.9 Å². The maximum absolute atomic E-state index is 11.0. The van der Waals surface area contributed by atoms with Crippen molar-refractivity contribution in [2.45, 2.75) is 33.4 Å². The van der Waals surface area contributed by atoms with Crippen LogP contribution in [-0.4, -0.2) is 37.7 Å². The molecule has 0 spiro atoms. The Hall–Kier alpha value is -1.42. The minimum Gasteiger partial charge on any atom is -0.379 e. The van der Waals surface area contributed by atoms with E-state index in [9.17, 15) is 10.1 Å². The van der Waals surface area contributed by atoms with Gasteiger partial charge in [0, 0.05) is 38.9 Å². The summed E-state index contributed by atoms with van der Waals surface area (Å²) in [5, 5.41) is 17.3. The molecule has 0 amide bonds. The van der Waals surface area contributed by atoms with Crippen molar-refractivity contribution < 1.29 is 9.66 Å². The van der Waals surface area contributed by atoms with Crippen molar-refractivity contribution in [2.24, 2.45) is 10.4 Å². The molecule has 7 nitrogen and oxygen atoms in total. The average Bonchev–Trinajstić information content (AvgIpc) is 2.49. The first-order valence-corrected chi connectivity index (χ1v) is 7.49. The van der Waals surface area contributed by atoms with E-state index in [0.29, 0.717) is 24.6 Å². The van der Waals surface area contributed by atoms with E-state index in [2.05, 4.69) is 36.4 Å². The van der Waals surface area contributed by atoms with Crippen molar-refractivity contribution in [1.82, 2.24) is 10.6 Å². The highest BCUT2D eigenvalue weighted by Gasteiger charge is 2.24. The molecule has 0 aliphatic rings. The maximum atomic E-state index is 11.0. The molecule has 0 heterocycles. The first kappa shape index (κ1) is 22.6. The van der Waals surface area contributed by atoms with Gasteiger partial charge < -0.3 is 15.4 Å². The first-order chi connectivity index (χ1) is 10.8. The zero-order chi connectivity index (χ0) is 17.5. The number of aliphatic imine (C=N–C) groups is 1. The lowest BCUT2D eigenvalue weighted by atomic mass is 9.89. The van der Waals surface area contributed by atoms with Crippen LogP contribution in [0.2, 0.25) is 0 Å². The van der Waals surface area contributed by atoms with E-state index in [1.807, 2.05) is 0 Å². The minimum absolute atomic E-state index is 0. The second-order valence-electron chi connectivity index (χ2n) is 6.28. The lowest BCUT2D eigenvalue weighted by molar-refractivity contribution is -0.385. The Morgan fingerprint density at radius 2 is 1.96 bits per heavy atom. The van der Waals surface area contributed by atoms with Crippen LogP contribution in [0.1, 0.15) is 26.3 Å². The van der Waals surface area contributed by atoms with Crippen LogP contribution in [0, 0.1) is 15.5 Å². The van der Waals surface area contributed by atoms with Gasteiger partial charge in [0.15, 0.2) is 5.96 Å². The van der Waals surface area contributed by atoms with Gasteiger partial charge in [-0.2, -0.15) is 0 Å². The first-order valence-electron chi connectivity index (χ1n) is 7.49. The van der Waals surface area contributed by atoms with Crippen LogP contribution in [0.3, 0.4) is 0 Å². The Labute approximate surface area is 160 Å². The topological polar surface area (TPSA) is 88.8 Å². The minimum atomic E-state index is -0.381. The van der Waals surface area contributed by atoms with Crippen LogP contribution in [0.15, 0.2) is 29.3 Å². The SMILES string of the molecule is CN=C(NCc1ccccc1[N+](=O)[O-])NCC(OC)C(C)(C)C.I. The quantitative estimate of drug-likeness (QED) is 0.229. The van der Waals surface area contributed by atoms with E-state index < -0.39 is 0 Å². The Morgan fingerprint density at radius 1 is 1.33 bits per heavy atom. The lowest BCUT2D eigenvalue weighted by Crippen LogP contribution is -2.45. The van der Waals surface area contributed by atoms with Crippen LogP contribution >= 0.6 is 24.0 Å². The number of guanidine groups is 1. The summed E-state index contributed by atoms with van der Waals surface area (Å²) in [7, 11) is 3.34. The summed E-state index contributed by atoms with van der Waals surface area (Å²) in [6.07, 6.45) is 0.0205. The van der Waals surface area contributed by atoms with Gasteiger partial charge in [0.2, 0.25) is 0 Å². The molecule has 24 heavy (non-hydrogen) atoms. The van der Waals surface area contributed by atoms with Gasteiger partial charge >= 0.3 is 0 Å². The monoisotopic (exact) mass is 450 g/mol. The number of hydrogen-bond donors (Lipinski definition) is 2. The van der Waals surface area contributed by atoms with Gasteiger partial charge in [-0.25, -0.2) is 0 Å². The predicted octanol–water partition coefficient (Wildman–Crippen LogP) is 2.94. The predicted molar refractivity (Wildman–Crippen MR) is 107 cm³/mol. The third-order valence-corrected chi connectivity index (χ3v) is 3.56. The maximum Gasteiger partial charge on any atom is 0.274 e. The third-order valence-electron chi connectivity index (χ3n) is 3.56. The van der Waals surface area contributed by atoms with Crippen molar-refractivity contribution >= 4 is 35.6 Å². The van der Waals surface area contributed by atoms with E-state index >= 15 is 0 Å². The Morgan fingerprint density at radius 3 is 2.46 bits per heavy atom. The highest BCUT2D eigenvalue weighted by molar-refractivity contribution is 14.0. The molecule has 0 saturated heterocycles. The molecule has 136 valence electrons. The standard InChI is InChI=1S/C16H26N4O3.HI/c1-16(2,3)14(23-5)11-19-15(17-4)18-10-12-8-6-7-9-13(12)20(21)22;/h6-9,14H,10-11H2,1-5H3,(H2,17,18,19);1H. The summed E-state index contributed by atoms with van der Waals surface area (Å²) < 4.78 is 5.49. The van der Waals surface area contributed by atoms with E-state index in [1.165, 1.54) is 6.07 Å². The van der Waals surface area contributed by atoms with E-state index in [1.54, 1.807) is 32.4 Å². The number of nitro benzene ring substituents is 1. The fraction of sp³-hybridized carbons (Fsp3) is 0.562. The molecule has 0 radical (unpaired) electrons. The van der Waals surface area contributed by atoms with E-state index in [-0.39, 0.29) is 46.1 Å². The molecular formula is C16H27IN4O3. The van der Waals surface area contributed by atoms with Gasteiger partial charge in [-0.15, -0.1) is 24.0 Å². The molecule has 0 fully saturated rings. The molecule has 0 saturated carbocycles. The number of hydrogen-bond acceptors (Lipinski definition) is 4. The molecule has 2 N–H and O–H groups in total. The van der Waals surface area contributed by atoms with Crippen molar-refractivity contribution in [3.8, 4) is 0 Å². The number of rotatable bonds is 6.